The predicted molar refractivity (Wildman–Crippen MR) is 39.5 cm³/mol. The number of nitrogens with zero attached hydrogens (tertiary/aromatic N) is 1. The average molecular weight is 158 g/mol. The smallest absolute Gasteiger partial charge is 0.376 e. The fourth-order valence-corrected chi connectivity index (χ4v) is 0.859. The molecule has 0 saturated carbocycles. The zero-order valence-electron chi connectivity index (χ0n) is 6.65. The van der Waals surface area contributed by atoms with Crippen molar-refractivity contribution >= 4 is 0 Å². The highest BCUT2D eigenvalue weighted by Crippen LogP contribution is 2.15. The van der Waals surface area contributed by atoms with E-state index in [1.54, 1.807) is 0 Å². The molecule has 62 valence electrons. The number of hydrogen-bond acceptors (Lipinski definition) is 3. The van der Waals surface area contributed by atoms with E-state index in [0.29, 0.717) is 6.42 Å². The first kappa shape index (κ1) is 8.47. The summed E-state index contributed by atoms with van der Waals surface area (Å²) in [6.07, 6.45) is -0.521. The van der Waals surface area contributed by atoms with Crippen LogP contribution in [0, 0.1) is 6.07 Å². The van der Waals surface area contributed by atoms with Crippen LogP contribution in [0.2, 0.25) is 0 Å². The van der Waals surface area contributed by atoms with Gasteiger partial charge in [0, 0.05) is 14.2 Å². The van der Waals surface area contributed by atoms with Gasteiger partial charge >= 0.3 is 12.1 Å². The van der Waals surface area contributed by atoms with Crippen LogP contribution in [0.1, 0.15) is 6.42 Å². The lowest BCUT2D eigenvalue weighted by Crippen LogP contribution is -2.30. The second-order valence-electron chi connectivity index (χ2n) is 2.41. The van der Waals surface area contributed by atoms with Crippen LogP contribution in [0.15, 0.2) is 0 Å². The van der Waals surface area contributed by atoms with Crippen LogP contribution in [-0.4, -0.2) is 37.8 Å². The second kappa shape index (κ2) is 3.67. The first-order valence-electron chi connectivity index (χ1n) is 3.47. The van der Waals surface area contributed by atoms with Gasteiger partial charge in [-0.05, 0) is 0 Å². The Morgan fingerprint density at radius 3 is 2.55 bits per heavy atom. The minimum atomic E-state index is -0.863. The molecule has 0 spiro atoms. The molecule has 0 aromatic rings. The minimum absolute atomic E-state index is 0.129. The molecule has 1 N–H and O–H groups in total. The third kappa shape index (κ3) is 2.46. The van der Waals surface area contributed by atoms with Crippen molar-refractivity contribution in [2.45, 2.75) is 24.9 Å². The van der Waals surface area contributed by atoms with Gasteiger partial charge in [0.05, 0.1) is 6.42 Å². The molecule has 0 aliphatic carbocycles. The summed E-state index contributed by atoms with van der Waals surface area (Å²) >= 11 is 0. The van der Waals surface area contributed by atoms with E-state index < -0.39 is 6.29 Å². The van der Waals surface area contributed by atoms with Gasteiger partial charge in [0.1, 0.15) is 6.10 Å². The highest BCUT2D eigenvalue weighted by Gasteiger charge is 2.37. The van der Waals surface area contributed by atoms with E-state index in [2.05, 4.69) is 10.9 Å². The van der Waals surface area contributed by atoms with Crippen molar-refractivity contribution in [1.29, 1.82) is 0 Å². The summed E-state index contributed by atoms with van der Waals surface area (Å²) in [5.41, 5.74) is 0. The van der Waals surface area contributed by atoms with E-state index in [1.165, 1.54) is 14.2 Å². The van der Waals surface area contributed by atoms with Gasteiger partial charge < -0.3 is 14.6 Å². The Balaban J connectivity index is 2.22. The van der Waals surface area contributed by atoms with Gasteiger partial charge in [-0.1, -0.05) is 4.85 Å². The molecule has 1 heterocycles. The molecule has 3 atom stereocenters. The zero-order valence-corrected chi connectivity index (χ0v) is 6.65. The lowest BCUT2D eigenvalue weighted by atomic mass is 10.2. The Kier molecular flexibility index (Phi) is 2.83. The van der Waals surface area contributed by atoms with E-state index >= 15 is 0 Å². The molecule has 0 amide bonds. The van der Waals surface area contributed by atoms with Gasteiger partial charge in [-0.2, -0.15) is 0 Å². The van der Waals surface area contributed by atoms with Crippen LogP contribution < -0.4 is 0 Å². The third-order valence-electron chi connectivity index (χ3n) is 1.63. The molecular weight excluding hydrogens is 146 g/mol. The average Bonchev–Trinajstić information content (AvgIpc) is 2.82. The lowest BCUT2D eigenvalue weighted by Gasteiger charge is -2.16. The third-order valence-corrected chi connectivity index (χ3v) is 1.63. The summed E-state index contributed by atoms with van der Waals surface area (Å²) in [7, 11) is 2.98. The van der Waals surface area contributed by atoms with Crippen LogP contribution in [0.3, 0.4) is 0 Å². The van der Waals surface area contributed by atoms with Crippen molar-refractivity contribution in [2.24, 2.45) is 0 Å². The monoisotopic (exact) mass is 158 g/mol. The maximum absolute atomic E-state index is 9.18. The number of aliphatic hydroxyl groups excluding tert-OH is 1. The van der Waals surface area contributed by atoms with Crippen LogP contribution in [0.4, 0.5) is 0 Å². The van der Waals surface area contributed by atoms with Gasteiger partial charge in [0.2, 0.25) is 0 Å². The van der Waals surface area contributed by atoms with Gasteiger partial charge in [0.25, 0.3) is 0 Å². The Morgan fingerprint density at radius 1 is 1.55 bits per heavy atom. The maximum atomic E-state index is 9.18. The largest absolute Gasteiger partial charge is 0.401 e. The fraction of sp³-hybridized carbons (Fsp3) is 0.857. The van der Waals surface area contributed by atoms with E-state index in [9.17, 15) is 5.11 Å². The lowest BCUT2D eigenvalue weighted by molar-refractivity contribution is -0.155. The summed E-state index contributed by atoms with van der Waals surface area (Å²) in [4.78, 5) is 3.81. The first-order chi connectivity index (χ1) is 5.27. The minimum Gasteiger partial charge on any atom is -0.376 e. The highest BCUT2D eigenvalue weighted by atomic mass is 16.6. The number of rotatable bonds is 5. The molecule has 4 nitrogen and oxygen atoms in total. The molecule has 0 fully saturated rings. The predicted octanol–water partition coefficient (Wildman–Crippen LogP) is 0.0714. The topological polar surface area (TPSA) is 43.0 Å². The molecule has 11 heavy (non-hydrogen) atoms. The SMILES string of the molecule is COC(O)C(CC1C#[N+]1)OC. The summed E-state index contributed by atoms with van der Waals surface area (Å²) in [5, 5.41) is 9.18. The summed E-state index contributed by atoms with van der Waals surface area (Å²) in [5.74, 6) is 0. The Bertz CT molecular complexity index is 176. The fourth-order valence-electron chi connectivity index (χ4n) is 0.859. The number of methoxy groups -OCH3 is 2. The van der Waals surface area contributed by atoms with Crippen molar-refractivity contribution in [3.8, 4) is 6.07 Å². The quantitative estimate of drug-likeness (QED) is 0.576. The number of ether oxygens (including phenoxy) is 2. The molecule has 0 aromatic heterocycles. The molecule has 0 bridgehead atoms. The van der Waals surface area contributed by atoms with Crippen molar-refractivity contribution in [3.05, 3.63) is 4.85 Å². The normalized spacial score (nSPS) is 25.2. The van der Waals surface area contributed by atoms with E-state index in [4.69, 9.17) is 9.47 Å². The van der Waals surface area contributed by atoms with Gasteiger partial charge in [-0.25, -0.2) is 0 Å². The van der Waals surface area contributed by atoms with Crippen molar-refractivity contribution in [2.75, 3.05) is 14.2 Å². The van der Waals surface area contributed by atoms with Crippen LogP contribution in [0.25, 0.3) is 4.85 Å². The van der Waals surface area contributed by atoms with Gasteiger partial charge in [-0.3, -0.25) is 0 Å². The summed E-state index contributed by atoms with van der Waals surface area (Å²) in [6, 6.07) is 2.89. The molecule has 1 aliphatic rings. The van der Waals surface area contributed by atoms with Gasteiger partial charge in [-0.15, -0.1) is 0 Å². The van der Waals surface area contributed by atoms with Crippen LogP contribution in [-0.2, 0) is 9.47 Å². The first-order valence-corrected chi connectivity index (χ1v) is 3.47. The summed E-state index contributed by atoms with van der Waals surface area (Å²) in [6.45, 7) is 0. The zero-order chi connectivity index (χ0) is 8.27. The van der Waals surface area contributed by atoms with Crippen molar-refractivity contribution < 1.29 is 14.6 Å². The standard InChI is InChI=1S/C7H12NO3/c1-10-6(7(9)11-2)3-5-4-8-5/h5-7,9H,3H2,1-2H3/q+1. The number of aliphatic hydroxyl groups is 1. The second-order valence-corrected chi connectivity index (χ2v) is 2.41. The van der Waals surface area contributed by atoms with E-state index in [-0.39, 0.29) is 12.1 Å². The molecule has 0 radical (unpaired) electrons. The van der Waals surface area contributed by atoms with E-state index in [0.717, 1.165) is 0 Å². The summed E-state index contributed by atoms with van der Waals surface area (Å²) < 4.78 is 9.67. The van der Waals surface area contributed by atoms with Gasteiger partial charge in [0.15, 0.2) is 6.29 Å². The van der Waals surface area contributed by atoms with Crippen LogP contribution in [0.5, 0.6) is 0 Å². The molecule has 1 aliphatic heterocycles. The molecule has 0 saturated heterocycles. The highest BCUT2D eigenvalue weighted by molar-refractivity contribution is 5.22. The molecule has 3 unspecified atom stereocenters. The van der Waals surface area contributed by atoms with Crippen LogP contribution >= 0.6 is 0 Å². The molecule has 1 rings (SSSR count). The van der Waals surface area contributed by atoms with E-state index in [1.807, 2.05) is 0 Å². The van der Waals surface area contributed by atoms with Crippen molar-refractivity contribution in [3.63, 3.8) is 0 Å². The van der Waals surface area contributed by atoms with Crippen molar-refractivity contribution in [1.82, 2.24) is 0 Å². The Hall–Kier alpha value is -0.630. The Labute approximate surface area is 65.5 Å². The Morgan fingerprint density at radius 2 is 2.18 bits per heavy atom. The maximum Gasteiger partial charge on any atom is 0.401 e. The molecule has 0 aromatic carbocycles. The molecule has 4 heteroatoms. The molecular formula is C7H12NO3+. The number of hydrogen-bond donors (Lipinski definition) is 1.